The van der Waals surface area contributed by atoms with E-state index >= 15 is 0 Å². The summed E-state index contributed by atoms with van der Waals surface area (Å²) in [6.07, 6.45) is 0.582. The Labute approximate surface area is 104 Å². The van der Waals surface area contributed by atoms with E-state index in [1.165, 1.54) is 0 Å². The molecule has 5 heteroatoms. The smallest absolute Gasteiger partial charge is 0.323 e. The lowest BCUT2D eigenvalue weighted by molar-refractivity contribution is -0.144. The third-order valence-corrected chi connectivity index (χ3v) is 2.85. The quantitative estimate of drug-likeness (QED) is 0.558. The number of ether oxygens (including phenoxy) is 1. The number of likely N-dealkylation sites (N-methyl/N-ethyl adjacent to an activating group) is 2. The summed E-state index contributed by atoms with van der Waals surface area (Å²) in [5.74, 6) is -0.794. The molecule has 102 valence electrons. The Balaban J connectivity index is 4.00. The number of carboxylic acids is 1. The number of aliphatic carboxylic acids is 1. The van der Waals surface area contributed by atoms with Crippen LogP contribution < -0.4 is 5.32 Å². The largest absolute Gasteiger partial charge is 0.480 e. The molecule has 1 unspecified atom stereocenters. The zero-order chi connectivity index (χ0) is 13.3. The molecule has 0 saturated heterocycles. The topological polar surface area (TPSA) is 61.8 Å². The molecule has 0 spiro atoms. The van der Waals surface area contributed by atoms with E-state index < -0.39 is 11.5 Å². The molecule has 0 aliphatic rings. The van der Waals surface area contributed by atoms with Gasteiger partial charge in [-0.3, -0.25) is 4.79 Å². The predicted molar refractivity (Wildman–Crippen MR) is 68.3 cm³/mol. The first-order valence-corrected chi connectivity index (χ1v) is 6.21. The maximum atomic E-state index is 11.2. The molecule has 0 fully saturated rings. The van der Waals surface area contributed by atoms with Gasteiger partial charge in [0.05, 0.1) is 6.61 Å². The van der Waals surface area contributed by atoms with Crippen LogP contribution in [0.2, 0.25) is 0 Å². The van der Waals surface area contributed by atoms with Crippen molar-refractivity contribution in [3.05, 3.63) is 0 Å². The fraction of sp³-hybridized carbons (Fsp3) is 0.917. The van der Waals surface area contributed by atoms with Crippen molar-refractivity contribution in [2.24, 2.45) is 0 Å². The second-order valence-corrected chi connectivity index (χ2v) is 4.42. The first kappa shape index (κ1) is 16.4. The van der Waals surface area contributed by atoms with Crippen molar-refractivity contribution in [1.29, 1.82) is 0 Å². The standard InChI is InChI=1S/C12H26N2O3/c1-5-13-12(3,11(15)16)7-8-14(4)9-10-17-6-2/h13H,5-10H2,1-4H3,(H,15,16). The number of hydrogen-bond donors (Lipinski definition) is 2. The van der Waals surface area contributed by atoms with Crippen LogP contribution in [-0.4, -0.2) is 61.4 Å². The molecule has 0 aromatic rings. The number of nitrogens with one attached hydrogen (secondary N) is 1. The van der Waals surface area contributed by atoms with Crippen molar-refractivity contribution in [3.8, 4) is 0 Å². The van der Waals surface area contributed by atoms with Crippen LogP contribution in [0.25, 0.3) is 0 Å². The van der Waals surface area contributed by atoms with E-state index in [9.17, 15) is 9.90 Å². The third-order valence-electron chi connectivity index (χ3n) is 2.85. The van der Waals surface area contributed by atoms with Gasteiger partial charge < -0.3 is 20.1 Å². The van der Waals surface area contributed by atoms with E-state index in [0.717, 1.165) is 19.7 Å². The highest BCUT2D eigenvalue weighted by Crippen LogP contribution is 2.10. The second-order valence-electron chi connectivity index (χ2n) is 4.42. The molecule has 0 bridgehead atoms. The molecule has 0 heterocycles. The van der Waals surface area contributed by atoms with Crippen molar-refractivity contribution >= 4 is 5.97 Å². The summed E-state index contributed by atoms with van der Waals surface area (Å²) in [6, 6.07) is 0. The Morgan fingerprint density at radius 3 is 2.53 bits per heavy atom. The lowest BCUT2D eigenvalue weighted by atomic mass is 9.97. The molecule has 0 radical (unpaired) electrons. The van der Waals surface area contributed by atoms with Gasteiger partial charge in [-0.25, -0.2) is 0 Å². The molecule has 5 nitrogen and oxygen atoms in total. The molecular formula is C12H26N2O3. The molecule has 0 saturated carbocycles. The fourth-order valence-electron chi connectivity index (χ4n) is 1.55. The summed E-state index contributed by atoms with van der Waals surface area (Å²) < 4.78 is 5.26. The van der Waals surface area contributed by atoms with Gasteiger partial charge in [-0.2, -0.15) is 0 Å². The molecule has 0 rings (SSSR count). The first-order chi connectivity index (χ1) is 7.96. The Morgan fingerprint density at radius 1 is 1.41 bits per heavy atom. The van der Waals surface area contributed by atoms with Crippen LogP contribution in [-0.2, 0) is 9.53 Å². The van der Waals surface area contributed by atoms with Crippen LogP contribution in [0.15, 0.2) is 0 Å². The van der Waals surface area contributed by atoms with Gasteiger partial charge >= 0.3 is 5.97 Å². The zero-order valence-electron chi connectivity index (χ0n) is 11.5. The predicted octanol–water partition coefficient (Wildman–Crippen LogP) is 0.798. The first-order valence-electron chi connectivity index (χ1n) is 6.21. The van der Waals surface area contributed by atoms with Gasteiger partial charge in [0, 0.05) is 19.7 Å². The summed E-state index contributed by atoms with van der Waals surface area (Å²) in [5.41, 5.74) is -0.839. The number of hydrogen-bond acceptors (Lipinski definition) is 4. The van der Waals surface area contributed by atoms with Crippen molar-refractivity contribution in [3.63, 3.8) is 0 Å². The molecule has 0 aliphatic carbocycles. The van der Waals surface area contributed by atoms with Crippen molar-refractivity contribution in [2.45, 2.75) is 32.7 Å². The number of nitrogens with zero attached hydrogens (tertiary/aromatic N) is 1. The Hall–Kier alpha value is -0.650. The molecular weight excluding hydrogens is 220 g/mol. The van der Waals surface area contributed by atoms with Crippen LogP contribution in [0.4, 0.5) is 0 Å². The second kappa shape index (κ2) is 8.44. The number of carbonyl (C=O) groups is 1. The van der Waals surface area contributed by atoms with E-state index in [1.54, 1.807) is 6.92 Å². The van der Waals surface area contributed by atoms with E-state index in [-0.39, 0.29) is 0 Å². The third kappa shape index (κ3) is 6.61. The van der Waals surface area contributed by atoms with Crippen LogP contribution >= 0.6 is 0 Å². The minimum absolute atomic E-state index is 0.582. The number of rotatable bonds is 10. The molecule has 0 amide bonds. The molecule has 17 heavy (non-hydrogen) atoms. The van der Waals surface area contributed by atoms with Crippen LogP contribution in [0, 0.1) is 0 Å². The maximum absolute atomic E-state index is 11.2. The molecule has 0 aromatic heterocycles. The van der Waals surface area contributed by atoms with Gasteiger partial charge in [0.15, 0.2) is 0 Å². The van der Waals surface area contributed by atoms with E-state index in [0.29, 0.717) is 19.6 Å². The average Bonchev–Trinajstić information content (AvgIpc) is 2.27. The van der Waals surface area contributed by atoms with Gasteiger partial charge in [-0.1, -0.05) is 6.92 Å². The molecule has 1 atom stereocenters. The summed E-state index contributed by atoms with van der Waals surface area (Å²) >= 11 is 0. The highest BCUT2D eigenvalue weighted by Gasteiger charge is 2.31. The Bertz CT molecular complexity index is 224. The molecule has 2 N–H and O–H groups in total. The monoisotopic (exact) mass is 246 g/mol. The van der Waals surface area contributed by atoms with E-state index in [1.807, 2.05) is 20.9 Å². The van der Waals surface area contributed by atoms with Gasteiger partial charge in [0.2, 0.25) is 0 Å². The summed E-state index contributed by atoms with van der Waals surface area (Å²) in [5, 5.41) is 12.2. The molecule has 0 aliphatic heterocycles. The van der Waals surface area contributed by atoms with Crippen molar-refractivity contribution < 1.29 is 14.6 Å². The van der Waals surface area contributed by atoms with Crippen LogP contribution in [0.3, 0.4) is 0 Å². The SMILES string of the molecule is CCNC(C)(CCN(C)CCOCC)C(=O)O. The zero-order valence-corrected chi connectivity index (χ0v) is 11.5. The highest BCUT2D eigenvalue weighted by molar-refractivity contribution is 5.78. The summed E-state index contributed by atoms with van der Waals surface area (Å²) in [6.45, 7) is 9.25. The van der Waals surface area contributed by atoms with E-state index in [4.69, 9.17) is 4.74 Å². The minimum Gasteiger partial charge on any atom is -0.480 e. The van der Waals surface area contributed by atoms with Crippen molar-refractivity contribution in [2.75, 3.05) is 39.9 Å². The number of carboxylic acid groups (broad SMARTS) is 1. The van der Waals surface area contributed by atoms with Crippen molar-refractivity contribution in [1.82, 2.24) is 10.2 Å². The van der Waals surface area contributed by atoms with Crippen LogP contribution in [0.5, 0.6) is 0 Å². The van der Waals surface area contributed by atoms with E-state index in [2.05, 4.69) is 10.2 Å². The Morgan fingerprint density at radius 2 is 2.06 bits per heavy atom. The maximum Gasteiger partial charge on any atom is 0.323 e. The lowest BCUT2D eigenvalue weighted by Crippen LogP contribution is -2.51. The highest BCUT2D eigenvalue weighted by atomic mass is 16.5. The fourth-order valence-corrected chi connectivity index (χ4v) is 1.55. The van der Waals surface area contributed by atoms with Gasteiger partial charge in [0.1, 0.15) is 5.54 Å². The lowest BCUT2D eigenvalue weighted by Gasteiger charge is -2.28. The summed E-state index contributed by atoms with van der Waals surface area (Å²) in [7, 11) is 1.98. The minimum atomic E-state index is -0.839. The average molecular weight is 246 g/mol. The normalized spacial score (nSPS) is 14.9. The Kier molecular flexibility index (Phi) is 8.12. The molecule has 0 aromatic carbocycles. The van der Waals surface area contributed by atoms with Gasteiger partial charge in [0.25, 0.3) is 0 Å². The van der Waals surface area contributed by atoms with Gasteiger partial charge in [-0.05, 0) is 33.9 Å². The van der Waals surface area contributed by atoms with Gasteiger partial charge in [-0.15, -0.1) is 0 Å². The van der Waals surface area contributed by atoms with Crippen LogP contribution in [0.1, 0.15) is 27.2 Å². The summed E-state index contributed by atoms with van der Waals surface area (Å²) in [4.78, 5) is 13.3.